The monoisotopic (exact) mass is 493 g/mol. The molecule has 1 saturated carbocycles. The average Bonchev–Trinajstić information content (AvgIpc) is 3.59. The van der Waals surface area contributed by atoms with E-state index in [4.69, 9.17) is 5.14 Å². The number of nitrogens with zero attached hydrogens (tertiary/aromatic N) is 4. The molecular weight excluding hydrogens is 466 g/mol. The first-order valence-corrected chi connectivity index (χ1v) is 13.7. The largest absolute Gasteiger partial charge is 0.369 e. The number of aromatic nitrogens is 2. The van der Waals surface area contributed by atoms with E-state index in [1.165, 1.54) is 40.9 Å². The predicted molar refractivity (Wildman–Crippen MR) is 135 cm³/mol. The van der Waals surface area contributed by atoms with E-state index in [2.05, 4.69) is 45.2 Å². The second-order valence-electron chi connectivity index (χ2n) is 9.65. The van der Waals surface area contributed by atoms with E-state index in [-0.39, 0.29) is 11.3 Å². The van der Waals surface area contributed by atoms with E-state index in [9.17, 15) is 9.00 Å². The molecule has 3 aromatic rings. The number of hydrogen-bond acceptors (Lipinski definition) is 6. The van der Waals surface area contributed by atoms with Crippen molar-refractivity contribution in [1.29, 1.82) is 0 Å². The highest BCUT2D eigenvalue weighted by Crippen LogP contribution is 2.46. The molecule has 1 spiro atoms. The summed E-state index contributed by atoms with van der Waals surface area (Å²) in [4.78, 5) is 26.4. The average molecular weight is 494 g/mol. The second kappa shape index (κ2) is 8.25. The van der Waals surface area contributed by atoms with E-state index in [1.807, 2.05) is 12.4 Å². The van der Waals surface area contributed by atoms with Gasteiger partial charge in [-0.05, 0) is 67.9 Å². The Labute approximate surface area is 205 Å². The lowest BCUT2D eigenvalue weighted by Gasteiger charge is -2.53. The predicted octanol–water partition coefficient (Wildman–Crippen LogP) is 4.01. The quantitative estimate of drug-likeness (QED) is 0.580. The Morgan fingerprint density at radius 3 is 2.62 bits per heavy atom. The van der Waals surface area contributed by atoms with E-state index in [0.29, 0.717) is 40.6 Å². The van der Waals surface area contributed by atoms with Crippen LogP contribution in [0.5, 0.6) is 0 Å². The summed E-state index contributed by atoms with van der Waals surface area (Å²) in [5.41, 5.74) is 5.23. The number of carbonyl (C=O) groups is 1. The van der Waals surface area contributed by atoms with Crippen LogP contribution in [0.3, 0.4) is 0 Å². The molecule has 9 heteroatoms. The maximum absolute atomic E-state index is 13.5. The maximum Gasteiger partial charge on any atom is 0.238 e. The number of pyridine rings is 1. The van der Waals surface area contributed by atoms with Gasteiger partial charge >= 0.3 is 0 Å². The number of thiazole rings is 1. The molecule has 34 heavy (non-hydrogen) atoms. The van der Waals surface area contributed by atoms with Crippen molar-refractivity contribution in [2.45, 2.75) is 42.7 Å². The summed E-state index contributed by atoms with van der Waals surface area (Å²) in [7, 11) is -1.58. The second-order valence-corrected chi connectivity index (χ2v) is 11.9. The molecule has 7 nitrogen and oxygen atoms in total. The van der Waals surface area contributed by atoms with E-state index >= 15 is 0 Å². The summed E-state index contributed by atoms with van der Waals surface area (Å²) in [6, 6.07) is 10.8. The van der Waals surface area contributed by atoms with Crippen LogP contribution in [0, 0.1) is 12.3 Å². The molecule has 6 rings (SSSR count). The minimum atomic E-state index is -1.58. The normalized spacial score (nSPS) is 20.5. The minimum Gasteiger partial charge on any atom is -0.369 e. The highest BCUT2D eigenvalue weighted by atomic mass is 32.2. The van der Waals surface area contributed by atoms with Crippen molar-refractivity contribution >= 4 is 39.0 Å². The molecule has 0 bridgehead atoms. The summed E-state index contributed by atoms with van der Waals surface area (Å²) in [6.45, 7) is 3.86. The third-order valence-electron chi connectivity index (χ3n) is 7.29. The molecule has 0 radical (unpaired) electrons. The molecular formula is C25H27N5O2S2. The number of nitrogens with two attached hydrogens (primary N) is 1. The molecule has 2 saturated heterocycles. The van der Waals surface area contributed by atoms with Crippen molar-refractivity contribution in [1.82, 2.24) is 9.97 Å². The van der Waals surface area contributed by atoms with E-state index in [0.717, 1.165) is 18.5 Å². The van der Waals surface area contributed by atoms with Gasteiger partial charge in [0.2, 0.25) is 5.91 Å². The molecule has 3 aliphatic rings. The van der Waals surface area contributed by atoms with Crippen LogP contribution in [-0.2, 0) is 15.8 Å². The lowest BCUT2D eigenvalue weighted by molar-refractivity contribution is -0.132. The molecule has 1 atom stereocenters. The Bertz CT molecular complexity index is 1280. The van der Waals surface area contributed by atoms with Crippen LogP contribution < -0.4 is 14.9 Å². The Morgan fingerprint density at radius 2 is 1.94 bits per heavy atom. The Morgan fingerprint density at radius 1 is 1.18 bits per heavy atom. The molecule has 4 heterocycles. The van der Waals surface area contributed by atoms with Crippen LogP contribution >= 0.6 is 11.3 Å². The number of hydrogen-bond donors (Lipinski definition) is 1. The number of aryl methyl sites for hydroxylation is 1. The number of carbonyl (C=O) groups excluding carboxylic acids is 1. The van der Waals surface area contributed by atoms with Crippen molar-refractivity contribution in [2.75, 3.05) is 29.4 Å². The first-order chi connectivity index (χ1) is 16.4. The minimum absolute atomic E-state index is 0.124. The molecule has 2 N–H and O–H groups in total. The fourth-order valence-electron chi connectivity index (χ4n) is 5.33. The van der Waals surface area contributed by atoms with Crippen LogP contribution in [0.15, 0.2) is 46.9 Å². The molecule has 3 fully saturated rings. The van der Waals surface area contributed by atoms with Gasteiger partial charge in [0.25, 0.3) is 0 Å². The zero-order valence-electron chi connectivity index (χ0n) is 19.1. The Kier molecular flexibility index (Phi) is 5.31. The van der Waals surface area contributed by atoms with Gasteiger partial charge in [0.05, 0.1) is 11.1 Å². The fraction of sp³-hybridized carbons (Fsp3) is 0.400. The lowest BCUT2D eigenvalue weighted by atomic mass is 9.72. The zero-order chi connectivity index (χ0) is 23.4. The van der Waals surface area contributed by atoms with Crippen LogP contribution in [0.4, 0.5) is 10.8 Å². The van der Waals surface area contributed by atoms with Crippen LogP contribution in [0.2, 0.25) is 0 Å². The van der Waals surface area contributed by atoms with Crippen molar-refractivity contribution in [3.05, 3.63) is 54.0 Å². The molecule has 2 aromatic heterocycles. The van der Waals surface area contributed by atoms with Crippen molar-refractivity contribution in [3.63, 3.8) is 0 Å². The Hall–Kier alpha value is -2.62. The van der Waals surface area contributed by atoms with Crippen LogP contribution in [-0.4, -0.2) is 39.7 Å². The van der Waals surface area contributed by atoms with Crippen molar-refractivity contribution in [2.24, 2.45) is 10.6 Å². The number of benzene rings is 1. The van der Waals surface area contributed by atoms with Gasteiger partial charge in [-0.2, -0.15) is 0 Å². The summed E-state index contributed by atoms with van der Waals surface area (Å²) in [6.07, 6.45) is 8.21. The lowest BCUT2D eigenvalue weighted by Crippen LogP contribution is -2.66. The highest BCUT2D eigenvalue weighted by molar-refractivity contribution is 7.85. The van der Waals surface area contributed by atoms with Gasteiger partial charge in [0.1, 0.15) is 15.2 Å². The van der Waals surface area contributed by atoms with Gasteiger partial charge in [-0.15, -0.1) is 0 Å². The highest BCUT2D eigenvalue weighted by Gasteiger charge is 2.53. The van der Waals surface area contributed by atoms with Crippen molar-refractivity contribution in [3.8, 4) is 11.1 Å². The molecule has 176 valence electrons. The third-order valence-corrected chi connectivity index (χ3v) is 9.67. The summed E-state index contributed by atoms with van der Waals surface area (Å²) in [5, 5.41) is 6.18. The maximum atomic E-state index is 13.5. The van der Waals surface area contributed by atoms with Crippen LogP contribution in [0.25, 0.3) is 11.1 Å². The molecule has 1 unspecified atom stereocenters. The number of rotatable bonds is 5. The smallest absolute Gasteiger partial charge is 0.238 e. The molecule has 2 aliphatic heterocycles. The number of amides is 1. The summed E-state index contributed by atoms with van der Waals surface area (Å²) < 4.78 is 12.3. The fourth-order valence-corrected chi connectivity index (χ4v) is 7.05. The van der Waals surface area contributed by atoms with Crippen LogP contribution in [0.1, 0.15) is 42.9 Å². The van der Waals surface area contributed by atoms with Gasteiger partial charge in [-0.1, -0.05) is 23.5 Å². The summed E-state index contributed by atoms with van der Waals surface area (Å²) in [5.74, 6) is 0.801. The first kappa shape index (κ1) is 21.9. The molecule has 1 aliphatic carbocycles. The van der Waals surface area contributed by atoms with E-state index < -0.39 is 11.0 Å². The summed E-state index contributed by atoms with van der Waals surface area (Å²) >= 11 is 1.27. The topological polar surface area (TPSA) is 92.4 Å². The SMILES string of the molecule is Cc1nc(N2CCCC3(CN(c4ccc(-c5cnccc5C5CC5)cc4)C3)C2=O)sc1S(N)=O. The Balaban J connectivity index is 1.18. The van der Waals surface area contributed by atoms with Gasteiger partial charge < -0.3 is 4.90 Å². The number of anilines is 2. The third kappa shape index (κ3) is 3.66. The number of piperidine rings is 1. The van der Waals surface area contributed by atoms with Gasteiger partial charge in [-0.3, -0.25) is 14.7 Å². The zero-order valence-corrected chi connectivity index (χ0v) is 20.7. The van der Waals surface area contributed by atoms with Gasteiger partial charge in [0, 0.05) is 43.3 Å². The van der Waals surface area contributed by atoms with Gasteiger partial charge in [0.15, 0.2) is 5.13 Å². The molecule has 1 amide bonds. The molecule has 1 aromatic carbocycles. The van der Waals surface area contributed by atoms with E-state index in [1.54, 1.807) is 11.8 Å². The first-order valence-electron chi connectivity index (χ1n) is 11.7. The standard InChI is InChI=1S/C25H27N5O2S2/c1-16-22(34(26)32)33-24(28-16)30-12-2-10-25(23(30)31)14-29(15-25)19-7-5-18(6-8-19)21-13-27-11-9-20(21)17-3-4-17/h5-9,11,13,17H,2-4,10,12,14-15,26H2,1H3. The van der Waals surface area contributed by atoms with Gasteiger partial charge in [-0.25, -0.2) is 14.3 Å². The van der Waals surface area contributed by atoms with Crippen molar-refractivity contribution < 1.29 is 9.00 Å².